The second kappa shape index (κ2) is 7.62. The number of phenols is 1. The molecule has 11 heteroatoms. The summed E-state index contributed by atoms with van der Waals surface area (Å²) in [6.45, 7) is 2.73. The van der Waals surface area contributed by atoms with Gasteiger partial charge < -0.3 is 14.4 Å². The number of para-hydroxylation sites is 1. The minimum atomic E-state index is -0.701. The number of nitrogens with zero attached hydrogens (tertiary/aromatic N) is 6. The van der Waals surface area contributed by atoms with E-state index in [1.54, 1.807) is 0 Å². The van der Waals surface area contributed by atoms with Crippen molar-refractivity contribution in [2.24, 2.45) is 5.10 Å². The Morgan fingerprint density at radius 3 is 2.87 bits per heavy atom. The highest BCUT2D eigenvalue weighted by Crippen LogP contribution is 2.36. The van der Waals surface area contributed by atoms with E-state index in [9.17, 15) is 15.2 Å². The van der Waals surface area contributed by atoms with E-state index in [-0.39, 0.29) is 11.7 Å². The predicted molar refractivity (Wildman–Crippen MR) is 111 cm³/mol. The number of methoxy groups -OCH3 is 1. The molecule has 0 amide bonds. The molecule has 0 spiro atoms. The van der Waals surface area contributed by atoms with Crippen molar-refractivity contribution in [2.45, 2.75) is 13.5 Å². The zero-order chi connectivity index (χ0) is 21.3. The Kier molecular flexibility index (Phi) is 4.84. The van der Waals surface area contributed by atoms with Crippen molar-refractivity contribution >= 4 is 39.9 Å². The third-order valence-corrected chi connectivity index (χ3v) is 4.56. The van der Waals surface area contributed by atoms with Gasteiger partial charge in [-0.3, -0.25) is 10.1 Å². The van der Waals surface area contributed by atoms with E-state index < -0.39 is 16.4 Å². The van der Waals surface area contributed by atoms with Gasteiger partial charge in [-0.05, 0) is 19.1 Å². The van der Waals surface area contributed by atoms with Crippen molar-refractivity contribution in [1.82, 2.24) is 19.7 Å². The third kappa shape index (κ3) is 3.21. The van der Waals surface area contributed by atoms with Gasteiger partial charge in [0.25, 0.3) is 5.95 Å². The van der Waals surface area contributed by atoms with Crippen LogP contribution in [0.15, 0.2) is 41.5 Å². The van der Waals surface area contributed by atoms with Crippen LogP contribution in [0.5, 0.6) is 11.5 Å². The zero-order valence-corrected chi connectivity index (χ0v) is 16.1. The highest BCUT2D eigenvalue weighted by Gasteiger charge is 2.19. The Bertz CT molecular complexity index is 1300. The lowest BCUT2D eigenvalue weighted by Crippen LogP contribution is -2.02. The number of hydrogen-bond acceptors (Lipinski definition) is 9. The van der Waals surface area contributed by atoms with Crippen LogP contribution < -0.4 is 10.2 Å². The molecule has 11 nitrogen and oxygen atoms in total. The molecule has 0 saturated carbocycles. The molecule has 0 aliphatic heterocycles. The molecule has 0 bridgehead atoms. The monoisotopic (exact) mass is 407 g/mol. The van der Waals surface area contributed by atoms with Crippen LogP contribution in [0.4, 0.5) is 11.6 Å². The molecule has 30 heavy (non-hydrogen) atoms. The first-order valence-electron chi connectivity index (χ1n) is 8.99. The normalized spacial score (nSPS) is 11.4. The average molecular weight is 407 g/mol. The highest BCUT2D eigenvalue weighted by atomic mass is 16.6. The van der Waals surface area contributed by atoms with Crippen LogP contribution in [0, 0.1) is 10.1 Å². The maximum Gasteiger partial charge on any atom is 0.315 e. The van der Waals surface area contributed by atoms with Crippen molar-refractivity contribution in [3.8, 4) is 11.5 Å². The van der Waals surface area contributed by atoms with Gasteiger partial charge in [-0.1, -0.05) is 18.2 Å². The maximum atomic E-state index is 11.1. The van der Waals surface area contributed by atoms with E-state index in [0.717, 1.165) is 10.9 Å². The summed E-state index contributed by atoms with van der Waals surface area (Å²) in [6, 6.07) is 10.5. The zero-order valence-electron chi connectivity index (χ0n) is 16.1. The summed E-state index contributed by atoms with van der Waals surface area (Å²) >= 11 is 0. The lowest BCUT2D eigenvalue weighted by atomic mass is 10.2. The van der Waals surface area contributed by atoms with Gasteiger partial charge in [0.15, 0.2) is 11.4 Å². The summed E-state index contributed by atoms with van der Waals surface area (Å²) in [7, 11) is 1.31. The lowest BCUT2D eigenvalue weighted by molar-refractivity contribution is -0.386. The van der Waals surface area contributed by atoms with Gasteiger partial charge in [0, 0.05) is 23.6 Å². The number of nitro benzene ring substituents is 1. The number of nitrogens with one attached hydrogen (secondary N) is 1. The van der Waals surface area contributed by atoms with Crippen LogP contribution in [0.2, 0.25) is 0 Å². The number of aryl methyl sites for hydroxylation is 1. The van der Waals surface area contributed by atoms with Gasteiger partial charge in [-0.2, -0.15) is 10.1 Å². The molecule has 0 aliphatic carbocycles. The van der Waals surface area contributed by atoms with Gasteiger partial charge in [-0.15, -0.1) is 10.2 Å². The minimum Gasteiger partial charge on any atom is -0.500 e. The number of hydrogen-bond donors (Lipinski definition) is 2. The van der Waals surface area contributed by atoms with Crippen molar-refractivity contribution in [3.05, 3.63) is 52.1 Å². The van der Waals surface area contributed by atoms with Crippen LogP contribution in [0.1, 0.15) is 12.5 Å². The summed E-state index contributed by atoms with van der Waals surface area (Å²) in [6.07, 6.45) is 1.33. The van der Waals surface area contributed by atoms with Crippen molar-refractivity contribution in [3.63, 3.8) is 0 Å². The molecular weight excluding hydrogens is 390 g/mol. The fourth-order valence-corrected chi connectivity index (χ4v) is 3.22. The molecule has 0 saturated heterocycles. The van der Waals surface area contributed by atoms with E-state index in [1.807, 2.05) is 35.8 Å². The number of rotatable bonds is 6. The molecule has 0 radical (unpaired) electrons. The Balaban J connectivity index is 1.65. The molecule has 2 aromatic carbocycles. The first-order chi connectivity index (χ1) is 14.5. The number of fused-ring (bicyclic) bond motifs is 3. The Morgan fingerprint density at radius 2 is 2.13 bits per heavy atom. The van der Waals surface area contributed by atoms with Gasteiger partial charge in [-0.25, -0.2) is 5.43 Å². The molecule has 2 heterocycles. The van der Waals surface area contributed by atoms with Crippen LogP contribution in [-0.2, 0) is 6.54 Å². The highest BCUT2D eigenvalue weighted by molar-refractivity contribution is 6.04. The molecule has 0 aliphatic rings. The van der Waals surface area contributed by atoms with E-state index >= 15 is 0 Å². The molecule has 0 atom stereocenters. The van der Waals surface area contributed by atoms with E-state index in [1.165, 1.54) is 25.5 Å². The van der Waals surface area contributed by atoms with Gasteiger partial charge in [0.2, 0.25) is 5.75 Å². The van der Waals surface area contributed by atoms with Gasteiger partial charge in [0.1, 0.15) is 5.52 Å². The number of nitro groups is 1. The predicted octanol–water partition coefficient (Wildman–Crippen LogP) is 3.07. The largest absolute Gasteiger partial charge is 0.500 e. The molecule has 0 unspecified atom stereocenters. The molecule has 2 N–H and O–H groups in total. The number of aromatic nitrogens is 4. The van der Waals surface area contributed by atoms with Crippen molar-refractivity contribution in [1.29, 1.82) is 0 Å². The van der Waals surface area contributed by atoms with E-state index in [0.29, 0.717) is 23.3 Å². The number of phenolic OH excluding ortho intramolecular Hbond substituents is 1. The fraction of sp³-hybridized carbons (Fsp3) is 0.158. The quantitative estimate of drug-likeness (QED) is 0.282. The van der Waals surface area contributed by atoms with Crippen LogP contribution in [0.3, 0.4) is 0 Å². The van der Waals surface area contributed by atoms with Crippen LogP contribution >= 0.6 is 0 Å². The summed E-state index contributed by atoms with van der Waals surface area (Å²) in [5.74, 6) is -0.396. The maximum absolute atomic E-state index is 11.1. The Hall–Kier alpha value is -4.28. The standard InChI is InChI=1S/C19H17N7O4/c1-3-25-13-7-5-4-6-12(13)16-18(25)21-19(24-22-16)23-20-10-11-8-14(26(28)29)17(27)15(9-11)30-2/h4-10,27H,3H2,1-2H3,(H,21,23,24)/b20-10+. The second-order valence-corrected chi connectivity index (χ2v) is 6.29. The Labute approximate surface area is 169 Å². The fourth-order valence-electron chi connectivity index (χ4n) is 3.22. The molecule has 2 aromatic heterocycles. The molecule has 4 aromatic rings. The number of aromatic hydroxyl groups is 1. The van der Waals surface area contributed by atoms with Gasteiger partial charge in [0.05, 0.1) is 23.8 Å². The summed E-state index contributed by atoms with van der Waals surface area (Å²) in [5, 5.41) is 34.3. The topological polar surface area (TPSA) is 141 Å². The van der Waals surface area contributed by atoms with Crippen LogP contribution in [0.25, 0.3) is 22.1 Å². The first-order valence-corrected chi connectivity index (χ1v) is 8.99. The first kappa shape index (κ1) is 19.1. The van der Waals surface area contributed by atoms with E-state index in [2.05, 4.69) is 25.7 Å². The second-order valence-electron chi connectivity index (χ2n) is 6.29. The van der Waals surface area contributed by atoms with Crippen molar-refractivity contribution < 1.29 is 14.8 Å². The number of benzene rings is 2. The molecule has 0 fully saturated rings. The third-order valence-electron chi connectivity index (χ3n) is 4.56. The number of ether oxygens (including phenoxy) is 1. The van der Waals surface area contributed by atoms with Crippen LogP contribution in [-0.4, -0.2) is 43.1 Å². The van der Waals surface area contributed by atoms with Crippen molar-refractivity contribution in [2.75, 3.05) is 12.5 Å². The summed E-state index contributed by atoms with van der Waals surface area (Å²) in [4.78, 5) is 14.9. The Morgan fingerprint density at radius 1 is 1.33 bits per heavy atom. The average Bonchev–Trinajstić information content (AvgIpc) is 3.07. The van der Waals surface area contributed by atoms with Gasteiger partial charge >= 0.3 is 5.69 Å². The number of hydrazone groups is 1. The lowest BCUT2D eigenvalue weighted by Gasteiger charge is -2.05. The molecule has 4 rings (SSSR count). The summed E-state index contributed by atoms with van der Waals surface area (Å²) in [5.41, 5.74) is 4.93. The summed E-state index contributed by atoms with van der Waals surface area (Å²) < 4.78 is 7.00. The minimum absolute atomic E-state index is 0.0301. The molecular formula is C19H17N7O4. The smallest absolute Gasteiger partial charge is 0.315 e. The SMILES string of the molecule is CCn1c2ccccc2c2nnc(N/N=C/c3cc(OC)c(O)c([N+](=O)[O-])c3)nc21. The van der Waals surface area contributed by atoms with E-state index in [4.69, 9.17) is 4.74 Å². The number of anilines is 1. The molecule has 152 valence electrons.